The van der Waals surface area contributed by atoms with Crippen molar-refractivity contribution in [1.29, 1.82) is 5.26 Å². The van der Waals surface area contributed by atoms with E-state index in [1.54, 1.807) is 12.1 Å². The second kappa shape index (κ2) is 7.62. The smallest absolute Gasteiger partial charge is 0.226 e. The number of nitrogens with one attached hydrogen (secondary N) is 2. The Morgan fingerprint density at radius 3 is 2.82 bits per heavy atom. The quantitative estimate of drug-likeness (QED) is 0.847. The molecule has 0 unspecified atom stereocenters. The van der Waals surface area contributed by atoms with E-state index in [1.807, 2.05) is 37.3 Å². The molecule has 0 saturated carbocycles. The molecule has 2 rings (SSSR count). The molecule has 0 heterocycles. The highest BCUT2D eigenvalue weighted by Crippen LogP contribution is 2.23. The Kier molecular flexibility index (Phi) is 5.56. The zero-order chi connectivity index (χ0) is 15.9. The van der Waals surface area contributed by atoms with Crippen molar-refractivity contribution in [1.82, 2.24) is 0 Å². The van der Waals surface area contributed by atoms with Gasteiger partial charge in [0.15, 0.2) is 0 Å². The summed E-state index contributed by atoms with van der Waals surface area (Å²) in [5.74, 6) is -0.0616. The largest absolute Gasteiger partial charge is 0.384 e. The van der Waals surface area contributed by atoms with Gasteiger partial charge in [-0.25, -0.2) is 0 Å². The number of nitrogens with zero attached hydrogens (tertiary/aromatic N) is 1. The predicted molar refractivity (Wildman–Crippen MR) is 91.8 cm³/mol. The first-order valence-electron chi connectivity index (χ1n) is 6.88. The minimum atomic E-state index is -0.0616. The molecule has 0 aliphatic heterocycles. The average molecular weight is 358 g/mol. The number of nitriles is 1. The molecule has 0 fully saturated rings. The Hall–Kier alpha value is -2.32. The fourth-order valence-corrected chi connectivity index (χ4v) is 2.55. The van der Waals surface area contributed by atoms with Gasteiger partial charge in [-0.05, 0) is 58.7 Å². The van der Waals surface area contributed by atoms with E-state index in [1.165, 1.54) is 0 Å². The van der Waals surface area contributed by atoms with Crippen molar-refractivity contribution >= 4 is 33.2 Å². The molecule has 0 atom stereocenters. The number of benzene rings is 2. The van der Waals surface area contributed by atoms with Gasteiger partial charge in [0.2, 0.25) is 5.91 Å². The van der Waals surface area contributed by atoms with Crippen LogP contribution in [0.1, 0.15) is 17.5 Å². The van der Waals surface area contributed by atoms with Gasteiger partial charge in [0.05, 0.1) is 17.3 Å². The molecule has 22 heavy (non-hydrogen) atoms. The van der Waals surface area contributed by atoms with Crippen LogP contribution in [0.4, 0.5) is 11.4 Å². The van der Waals surface area contributed by atoms with Crippen molar-refractivity contribution < 1.29 is 4.79 Å². The van der Waals surface area contributed by atoms with Gasteiger partial charge in [-0.2, -0.15) is 5.26 Å². The zero-order valence-corrected chi connectivity index (χ0v) is 13.8. The van der Waals surface area contributed by atoms with E-state index in [4.69, 9.17) is 5.26 Å². The van der Waals surface area contributed by atoms with Gasteiger partial charge in [-0.3, -0.25) is 4.79 Å². The summed E-state index contributed by atoms with van der Waals surface area (Å²) in [5.41, 5.74) is 3.33. The van der Waals surface area contributed by atoms with E-state index in [0.717, 1.165) is 21.4 Å². The van der Waals surface area contributed by atoms with Crippen LogP contribution in [0.5, 0.6) is 0 Å². The summed E-state index contributed by atoms with van der Waals surface area (Å²) >= 11 is 3.44. The number of hydrogen-bond donors (Lipinski definition) is 2. The summed E-state index contributed by atoms with van der Waals surface area (Å²) < 4.78 is 0.871. The van der Waals surface area contributed by atoms with E-state index >= 15 is 0 Å². The van der Waals surface area contributed by atoms with Crippen LogP contribution in [-0.4, -0.2) is 12.5 Å². The third-order valence-electron chi connectivity index (χ3n) is 3.07. The molecule has 0 bridgehead atoms. The molecule has 0 radical (unpaired) electrons. The lowest BCUT2D eigenvalue weighted by Gasteiger charge is -2.09. The fraction of sp³-hybridized carbons (Fsp3) is 0.176. The summed E-state index contributed by atoms with van der Waals surface area (Å²) in [6.45, 7) is 2.50. The molecule has 112 valence electrons. The minimum absolute atomic E-state index is 0.0616. The minimum Gasteiger partial charge on any atom is -0.384 e. The summed E-state index contributed by atoms with van der Waals surface area (Å²) in [5, 5.41) is 14.8. The lowest BCUT2D eigenvalue weighted by molar-refractivity contribution is -0.115. The zero-order valence-electron chi connectivity index (χ0n) is 12.2. The van der Waals surface area contributed by atoms with E-state index in [-0.39, 0.29) is 5.91 Å². The van der Waals surface area contributed by atoms with Crippen molar-refractivity contribution in [2.45, 2.75) is 13.3 Å². The first-order valence-corrected chi connectivity index (χ1v) is 7.68. The Morgan fingerprint density at radius 2 is 2.09 bits per heavy atom. The van der Waals surface area contributed by atoms with E-state index in [9.17, 15) is 4.79 Å². The SMILES string of the molecule is Cc1ccc(NC(=O)CCNc2cccc(C#N)c2)c(Br)c1. The first-order chi connectivity index (χ1) is 10.6. The topological polar surface area (TPSA) is 64.9 Å². The van der Waals surface area contributed by atoms with Gasteiger partial charge in [0.25, 0.3) is 0 Å². The highest BCUT2D eigenvalue weighted by atomic mass is 79.9. The Balaban J connectivity index is 1.84. The molecule has 4 nitrogen and oxygen atoms in total. The fourth-order valence-electron chi connectivity index (χ4n) is 1.95. The molecule has 0 aromatic heterocycles. The second-order valence-corrected chi connectivity index (χ2v) is 5.76. The highest BCUT2D eigenvalue weighted by Gasteiger charge is 2.05. The summed E-state index contributed by atoms with van der Waals surface area (Å²) in [6, 6.07) is 15.1. The molecule has 2 N–H and O–H groups in total. The average Bonchev–Trinajstić information content (AvgIpc) is 2.50. The number of rotatable bonds is 5. The van der Waals surface area contributed by atoms with Gasteiger partial charge in [0, 0.05) is 23.1 Å². The molecule has 2 aromatic rings. The molecular weight excluding hydrogens is 342 g/mol. The van der Waals surface area contributed by atoms with Crippen LogP contribution < -0.4 is 10.6 Å². The Morgan fingerprint density at radius 1 is 1.27 bits per heavy atom. The van der Waals surface area contributed by atoms with Crippen LogP contribution in [-0.2, 0) is 4.79 Å². The van der Waals surface area contributed by atoms with Gasteiger partial charge in [0.1, 0.15) is 0 Å². The van der Waals surface area contributed by atoms with Crippen LogP contribution in [0.25, 0.3) is 0 Å². The Labute approximate surface area is 138 Å². The van der Waals surface area contributed by atoms with Crippen LogP contribution in [0.2, 0.25) is 0 Å². The number of aryl methyl sites for hydroxylation is 1. The number of carbonyl (C=O) groups excluding carboxylic acids is 1. The van der Waals surface area contributed by atoms with E-state index in [2.05, 4.69) is 32.6 Å². The third-order valence-corrected chi connectivity index (χ3v) is 3.73. The van der Waals surface area contributed by atoms with Crippen molar-refractivity contribution in [2.75, 3.05) is 17.2 Å². The van der Waals surface area contributed by atoms with Crippen LogP contribution >= 0.6 is 15.9 Å². The summed E-state index contributed by atoms with van der Waals surface area (Å²) in [4.78, 5) is 11.9. The maximum atomic E-state index is 11.9. The molecule has 0 saturated heterocycles. The predicted octanol–water partition coefficient (Wildman–Crippen LogP) is 4.07. The highest BCUT2D eigenvalue weighted by molar-refractivity contribution is 9.10. The summed E-state index contributed by atoms with van der Waals surface area (Å²) in [6.07, 6.45) is 0.344. The van der Waals surface area contributed by atoms with Gasteiger partial charge in [-0.15, -0.1) is 0 Å². The molecule has 1 amide bonds. The lowest BCUT2D eigenvalue weighted by atomic mass is 10.2. The van der Waals surface area contributed by atoms with Crippen molar-refractivity contribution in [3.05, 3.63) is 58.1 Å². The van der Waals surface area contributed by atoms with Crippen LogP contribution in [0.3, 0.4) is 0 Å². The van der Waals surface area contributed by atoms with Gasteiger partial charge in [-0.1, -0.05) is 12.1 Å². The number of halogens is 1. The number of hydrogen-bond acceptors (Lipinski definition) is 3. The second-order valence-electron chi connectivity index (χ2n) is 4.90. The number of amides is 1. The molecule has 2 aromatic carbocycles. The first kappa shape index (κ1) is 16.1. The molecular formula is C17H16BrN3O. The normalized spacial score (nSPS) is 9.86. The molecule has 0 spiro atoms. The standard InChI is InChI=1S/C17H16BrN3O/c1-12-5-6-16(15(18)9-12)21-17(22)7-8-20-14-4-2-3-13(10-14)11-19/h2-6,9-10,20H,7-8H2,1H3,(H,21,22). The third kappa shape index (κ3) is 4.61. The number of anilines is 2. The molecule has 0 aliphatic carbocycles. The maximum Gasteiger partial charge on any atom is 0.226 e. The number of carbonyl (C=O) groups is 1. The summed E-state index contributed by atoms with van der Waals surface area (Å²) in [7, 11) is 0. The van der Waals surface area contributed by atoms with Gasteiger partial charge < -0.3 is 10.6 Å². The molecule has 0 aliphatic rings. The lowest BCUT2D eigenvalue weighted by Crippen LogP contribution is -2.16. The van der Waals surface area contributed by atoms with Crippen molar-refractivity contribution in [2.24, 2.45) is 0 Å². The van der Waals surface area contributed by atoms with Crippen molar-refractivity contribution in [3.8, 4) is 6.07 Å². The van der Waals surface area contributed by atoms with Crippen LogP contribution in [0, 0.1) is 18.3 Å². The molecule has 5 heteroatoms. The van der Waals surface area contributed by atoms with E-state index in [0.29, 0.717) is 18.5 Å². The van der Waals surface area contributed by atoms with Crippen molar-refractivity contribution in [3.63, 3.8) is 0 Å². The monoisotopic (exact) mass is 357 g/mol. The van der Waals surface area contributed by atoms with Crippen LogP contribution in [0.15, 0.2) is 46.9 Å². The maximum absolute atomic E-state index is 11.9. The Bertz CT molecular complexity index is 722. The van der Waals surface area contributed by atoms with E-state index < -0.39 is 0 Å². The van der Waals surface area contributed by atoms with Gasteiger partial charge >= 0.3 is 0 Å².